The third kappa shape index (κ3) is 2.45. The minimum atomic E-state index is 0.386. The summed E-state index contributed by atoms with van der Waals surface area (Å²) in [5.41, 5.74) is 1.30. The Bertz CT molecular complexity index is 374. The van der Waals surface area contributed by atoms with Gasteiger partial charge in [0.25, 0.3) is 0 Å². The Morgan fingerprint density at radius 2 is 2.29 bits per heavy atom. The van der Waals surface area contributed by atoms with E-state index in [-0.39, 0.29) is 0 Å². The molecule has 2 aliphatic heterocycles. The van der Waals surface area contributed by atoms with E-state index < -0.39 is 0 Å². The molecule has 2 aliphatic rings. The number of ether oxygens (including phenoxy) is 2. The van der Waals surface area contributed by atoms with Crippen LogP contribution < -0.4 is 10.1 Å². The van der Waals surface area contributed by atoms with Crippen LogP contribution in [0.3, 0.4) is 0 Å². The minimum absolute atomic E-state index is 0.386. The normalized spacial score (nSPS) is 27.5. The number of nitrogens with one attached hydrogen (secondary N) is 1. The first-order valence-corrected chi connectivity index (χ1v) is 6.47. The van der Waals surface area contributed by atoms with E-state index in [0.717, 1.165) is 32.1 Å². The molecule has 0 radical (unpaired) electrons. The highest BCUT2D eigenvalue weighted by atomic mass is 16.5. The first kappa shape index (κ1) is 11.1. The van der Waals surface area contributed by atoms with E-state index in [0.29, 0.717) is 12.0 Å². The van der Waals surface area contributed by atoms with E-state index in [4.69, 9.17) is 9.47 Å². The highest BCUT2D eigenvalue weighted by Crippen LogP contribution is 2.33. The van der Waals surface area contributed by atoms with Gasteiger partial charge in [0, 0.05) is 18.0 Å². The van der Waals surface area contributed by atoms with Crippen molar-refractivity contribution in [1.29, 1.82) is 0 Å². The van der Waals surface area contributed by atoms with Gasteiger partial charge in [-0.15, -0.1) is 0 Å². The van der Waals surface area contributed by atoms with Gasteiger partial charge >= 0.3 is 0 Å². The lowest BCUT2D eigenvalue weighted by Gasteiger charge is -2.24. The van der Waals surface area contributed by atoms with E-state index in [2.05, 4.69) is 17.4 Å². The Morgan fingerprint density at radius 3 is 3.18 bits per heavy atom. The molecule has 17 heavy (non-hydrogen) atoms. The largest absolute Gasteiger partial charge is 0.493 e. The summed E-state index contributed by atoms with van der Waals surface area (Å²) in [7, 11) is 0. The van der Waals surface area contributed by atoms with Gasteiger partial charge in [0.05, 0.1) is 19.3 Å². The topological polar surface area (TPSA) is 30.5 Å². The summed E-state index contributed by atoms with van der Waals surface area (Å²) in [6.07, 6.45) is 2.79. The summed E-state index contributed by atoms with van der Waals surface area (Å²) < 4.78 is 11.6. The van der Waals surface area contributed by atoms with Gasteiger partial charge in [-0.05, 0) is 25.5 Å². The van der Waals surface area contributed by atoms with Crippen molar-refractivity contribution >= 4 is 0 Å². The number of hydrogen-bond acceptors (Lipinski definition) is 3. The van der Waals surface area contributed by atoms with Crippen molar-refractivity contribution in [3.05, 3.63) is 29.8 Å². The van der Waals surface area contributed by atoms with Crippen LogP contribution in [0.15, 0.2) is 24.3 Å². The second-order valence-electron chi connectivity index (χ2n) is 4.85. The predicted molar refractivity (Wildman–Crippen MR) is 66.5 cm³/mol. The number of benzene rings is 1. The maximum absolute atomic E-state index is 5.98. The third-order valence-corrected chi connectivity index (χ3v) is 3.58. The van der Waals surface area contributed by atoms with Gasteiger partial charge in [-0.1, -0.05) is 18.2 Å². The van der Waals surface area contributed by atoms with Crippen LogP contribution in [-0.4, -0.2) is 32.4 Å². The molecular formula is C14H19NO2. The Kier molecular flexibility index (Phi) is 3.29. The van der Waals surface area contributed by atoms with E-state index in [1.807, 2.05) is 12.1 Å². The molecule has 1 saturated heterocycles. The van der Waals surface area contributed by atoms with Gasteiger partial charge in [-0.3, -0.25) is 0 Å². The quantitative estimate of drug-likeness (QED) is 0.865. The lowest BCUT2D eigenvalue weighted by atomic mass is 10.0. The number of para-hydroxylation sites is 1. The average Bonchev–Trinajstić information content (AvgIpc) is 2.81. The zero-order chi connectivity index (χ0) is 11.5. The zero-order valence-electron chi connectivity index (χ0n) is 10.0. The van der Waals surface area contributed by atoms with E-state index in [1.54, 1.807) is 0 Å². The third-order valence-electron chi connectivity index (χ3n) is 3.58. The summed E-state index contributed by atoms with van der Waals surface area (Å²) in [4.78, 5) is 0. The molecule has 0 amide bonds. The van der Waals surface area contributed by atoms with Crippen molar-refractivity contribution in [3.63, 3.8) is 0 Å². The molecule has 0 aromatic heterocycles. The molecular weight excluding hydrogens is 214 g/mol. The molecule has 1 aromatic rings. The van der Waals surface area contributed by atoms with Crippen LogP contribution in [0.5, 0.6) is 5.75 Å². The van der Waals surface area contributed by atoms with Crippen LogP contribution in [0, 0.1) is 0 Å². The highest BCUT2D eigenvalue weighted by molar-refractivity contribution is 5.39. The van der Waals surface area contributed by atoms with Crippen LogP contribution >= 0.6 is 0 Å². The van der Waals surface area contributed by atoms with Crippen molar-refractivity contribution in [2.24, 2.45) is 0 Å². The second-order valence-corrected chi connectivity index (χ2v) is 4.85. The van der Waals surface area contributed by atoms with Crippen molar-refractivity contribution in [2.75, 3.05) is 26.3 Å². The maximum Gasteiger partial charge on any atom is 0.123 e. The molecule has 0 bridgehead atoms. The van der Waals surface area contributed by atoms with Gasteiger partial charge in [0.15, 0.2) is 0 Å². The summed E-state index contributed by atoms with van der Waals surface area (Å²) in [6, 6.07) is 8.28. The Labute approximate surface area is 102 Å². The fraction of sp³-hybridized carbons (Fsp3) is 0.571. The van der Waals surface area contributed by atoms with Crippen LogP contribution in [0.25, 0.3) is 0 Å². The van der Waals surface area contributed by atoms with Crippen LogP contribution in [0.1, 0.15) is 24.3 Å². The predicted octanol–water partition coefficient (Wildman–Crippen LogP) is 1.93. The van der Waals surface area contributed by atoms with Gasteiger partial charge in [-0.2, -0.15) is 0 Å². The molecule has 2 heterocycles. The molecule has 0 spiro atoms. The molecule has 2 atom stereocenters. The van der Waals surface area contributed by atoms with E-state index in [1.165, 1.54) is 18.4 Å². The number of rotatable bonds is 3. The van der Waals surface area contributed by atoms with Gasteiger partial charge in [0.1, 0.15) is 5.75 Å². The molecule has 1 N–H and O–H groups in total. The molecule has 1 aromatic carbocycles. The number of hydrogen-bond donors (Lipinski definition) is 1. The van der Waals surface area contributed by atoms with E-state index >= 15 is 0 Å². The SMILES string of the molecule is c1ccc2c(c1)OCC2CO[C@H]1CCCNC1. The smallest absolute Gasteiger partial charge is 0.123 e. The molecule has 92 valence electrons. The molecule has 3 heteroatoms. The average molecular weight is 233 g/mol. The first-order valence-electron chi connectivity index (χ1n) is 6.47. The first-order chi connectivity index (χ1) is 8.43. The summed E-state index contributed by atoms with van der Waals surface area (Å²) in [5.74, 6) is 1.44. The fourth-order valence-electron chi connectivity index (χ4n) is 2.58. The lowest BCUT2D eigenvalue weighted by Crippen LogP contribution is -2.36. The maximum atomic E-state index is 5.98. The van der Waals surface area contributed by atoms with Crippen LogP contribution in [0.4, 0.5) is 0 Å². The van der Waals surface area contributed by atoms with E-state index in [9.17, 15) is 0 Å². The van der Waals surface area contributed by atoms with Gasteiger partial charge < -0.3 is 14.8 Å². The highest BCUT2D eigenvalue weighted by Gasteiger charge is 2.25. The summed E-state index contributed by atoms with van der Waals surface area (Å²) in [5, 5.41) is 3.37. The Balaban J connectivity index is 1.56. The molecule has 0 aliphatic carbocycles. The van der Waals surface area contributed by atoms with Gasteiger partial charge in [-0.25, -0.2) is 0 Å². The Morgan fingerprint density at radius 1 is 1.35 bits per heavy atom. The molecule has 1 unspecified atom stereocenters. The number of piperidine rings is 1. The van der Waals surface area contributed by atoms with Crippen molar-refractivity contribution < 1.29 is 9.47 Å². The van der Waals surface area contributed by atoms with Crippen molar-refractivity contribution in [2.45, 2.75) is 24.9 Å². The Hall–Kier alpha value is -1.06. The summed E-state index contributed by atoms with van der Waals surface area (Å²) >= 11 is 0. The van der Waals surface area contributed by atoms with Crippen molar-refractivity contribution in [1.82, 2.24) is 5.32 Å². The van der Waals surface area contributed by atoms with Crippen LogP contribution in [-0.2, 0) is 4.74 Å². The molecule has 3 rings (SSSR count). The van der Waals surface area contributed by atoms with Gasteiger partial charge in [0.2, 0.25) is 0 Å². The standard InChI is InChI=1S/C14H19NO2/c1-2-6-14-13(5-1)11(10-17-14)9-16-12-4-3-7-15-8-12/h1-2,5-6,11-12,15H,3-4,7-10H2/t11?,12-/m0/s1. The number of fused-ring (bicyclic) bond motifs is 1. The minimum Gasteiger partial charge on any atom is -0.493 e. The fourth-order valence-corrected chi connectivity index (χ4v) is 2.58. The van der Waals surface area contributed by atoms with Crippen LogP contribution in [0.2, 0.25) is 0 Å². The summed E-state index contributed by atoms with van der Waals surface area (Å²) in [6.45, 7) is 3.67. The van der Waals surface area contributed by atoms with Crippen molar-refractivity contribution in [3.8, 4) is 5.75 Å². The molecule has 3 nitrogen and oxygen atoms in total. The lowest BCUT2D eigenvalue weighted by molar-refractivity contribution is 0.0256. The molecule has 1 fully saturated rings. The molecule has 0 saturated carbocycles. The zero-order valence-corrected chi connectivity index (χ0v) is 10.0. The monoisotopic (exact) mass is 233 g/mol. The second kappa shape index (κ2) is 5.07.